The number of nitrogens with zero attached hydrogens (tertiary/aromatic N) is 1. The minimum atomic E-state index is -0.427. The van der Waals surface area contributed by atoms with Crippen molar-refractivity contribution in [2.45, 2.75) is 19.4 Å². The van der Waals surface area contributed by atoms with Gasteiger partial charge in [-0.1, -0.05) is 12.1 Å². The fraction of sp³-hybridized carbons (Fsp3) is 0.429. The molecule has 1 aliphatic heterocycles. The van der Waals surface area contributed by atoms with Crippen LogP contribution in [0.3, 0.4) is 0 Å². The Kier molecular flexibility index (Phi) is 4.39. The molecule has 0 bridgehead atoms. The molecule has 19 heavy (non-hydrogen) atoms. The van der Waals surface area contributed by atoms with Crippen LogP contribution < -0.4 is 4.74 Å². The predicted molar refractivity (Wildman–Crippen MR) is 69.0 cm³/mol. The van der Waals surface area contributed by atoms with Gasteiger partial charge in [-0.2, -0.15) is 0 Å². The number of likely N-dealkylation sites (tertiary alicyclic amines) is 1. The van der Waals surface area contributed by atoms with Crippen LogP contribution in [0.4, 0.5) is 4.79 Å². The van der Waals surface area contributed by atoms with Gasteiger partial charge in [0.1, 0.15) is 12.4 Å². The highest BCUT2D eigenvalue weighted by molar-refractivity contribution is 5.85. The van der Waals surface area contributed by atoms with Crippen LogP contribution in [0.2, 0.25) is 0 Å². The van der Waals surface area contributed by atoms with E-state index < -0.39 is 6.09 Å². The molecule has 5 heteroatoms. The quantitative estimate of drug-likeness (QED) is 0.837. The lowest BCUT2D eigenvalue weighted by molar-refractivity contribution is -0.121. The third-order valence-corrected chi connectivity index (χ3v) is 3.03. The maximum atomic E-state index is 11.8. The number of benzene rings is 1. The van der Waals surface area contributed by atoms with E-state index in [9.17, 15) is 9.59 Å². The number of hydrogen-bond acceptors (Lipinski definition) is 4. The number of rotatable bonds is 3. The average molecular weight is 263 g/mol. The van der Waals surface area contributed by atoms with Crippen molar-refractivity contribution in [3.63, 3.8) is 0 Å². The zero-order chi connectivity index (χ0) is 13.7. The summed E-state index contributed by atoms with van der Waals surface area (Å²) in [5.74, 6) is 0.851. The second-order valence-electron chi connectivity index (χ2n) is 4.47. The fourth-order valence-electron chi connectivity index (χ4n) is 1.95. The van der Waals surface area contributed by atoms with Gasteiger partial charge in [-0.05, 0) is 24.1 Å². The van der Waals surface area contributed by atoms with Crippen molar-refractivity contribution in [3.8, 4) is 5.75 Å². The first-order valence-electron chi connectivity index (χ1n) is 6.25. The lowest BCUT2D eigenvalue weighted by Crippen LogP contribution is -2.40. The second-order valence-corrected chi connectivity index (χ2v) is 4.47. The van der Waals surface area contributed by atoms with Crippen molar-refractivity contribution < 1.29 is 19.1 Å². The van der Waals surface area contributed by atoms with Crippen LogP contribution in [0.5, 0.6) is 5.75 Å². The highest BCUT2D eigenvalue weighted by Crippen LogP contribution is 2.13. The Labute approximate surface area is 112 Å². The van der Waals surface area contributed by atoms with E-state index in [1.165, 1.54) is 4.90 Å². The Morgan fingerprint density at radius 3 is 2.68 bits per heavy atom. The number of amides is 1. The molecule has 1 fully saturated rings. The van der Waals surface area contributed by atoms with Gasteiger partial charge in [0.15, 0.2) is 5.78 Å². The molecule has 5 nitrogen and oxygen atoms in total. The van der Waals surface area contributed by atoms with E-state index in [1.54, 1.807) is 7.11 Å². The third kappa shape index (κ3) is 3.71. The van der Waals surface area contributed by atoms with E-state index in [2.05, 4.69) is 0 Å². The molecule has 0 N–H and O–H groups in total. The van der Waals surface area contributed by atoms with Crippen LogP contribution in [0.1, 0.15) is 18.4 Å². The highest BCUT2D eigenvalue weighted by Gasteiger charge is 2.22. The van der Waals surface area contributed by atoms with Crippen molar-refractivity contribution >= 4 is 11.9 Å². The Hall–Kier alpha value is -2.04. The average Bonchev–Trinajstić information content (AvgIpc) is 2.45. The second kappa shape index (κ2) is 6.22. The van der Waals surface area contributed by atoms with Crippen LogP contribution in [0.25, 0.3) is 0 Å². The number of hydrogen-bond donors (Lipinski definition) is 0. The van der Waals surface area contributed by atoms with Crippen molar-refractivity contribution in [1.29, 1.82) is 0 Å². The summed E-state index contributed by atoms with van der Waals surface area (Å²) in [4.78, 5) is 24.5. The van der Waals surface area contributed by atoms with E-state index in [1.807, 2.05) is 24.3 Å². The summed E-state index contributed by atoms with van der Waals surface area (Å²) in [5, 5.41) is 0. The van der Waals surface area contributed by atoms with Crippen LogP contribution >= 0.6 is 0 Å². The molecule has 0 spiro atoms. The molecule has 102 valence electrons. The highest BCUT2D eigenvalue weighted by atomic mass is 16.6. The van der Waals surface area contributed by atoms with Crippen molar-refractivity contribution in [3.05, 3.63) is 29.8 Å². The molecule has 2 rings (SSSR count). The van der Waals surface area contributed by atoms with Gasteiger partial charge in [0.05, 0.1) is 13.7 Å². The molecule has 1 aliphatic rings. The maximum absolute atomic E-state index is 11.8. The van der Waals surface area contributed by atoms with E-state index in [0.717, 1.165) is 17.7 Å². The number of piperidine rings is 1. The third-order valence-electron chi connectivity index (χ3n) is 3.03. The summed E-state index contributed by atoms with van der Waals surface area (Å²) >= 11 is 0. The van der Waals surface area contributed by atoms with Gasteiger partial charge in [-0.3, -0.25) is 4.79 Å². The summed E-state index contributed by atoms with van der Waals surface area (Å²) in [6, 6.07) is 7.31. The van der Waals surface area contributed by atoms with Crippen molar-refractivity contribution in [1.82, 2.24) is 4.90 Å². The topological polar surface area (TPSA) is 55.8 Å². The van der Waals surface area contributed by atoms with E-state index in [0.29, 0.717) is 13.0 Å². The SMILES string of the molecule is COc1ccc(COC(=O)N2CCCC(=O)C2)cc1. The summed E-state index contributed by atoms with van der Waals surface area (Å²) in [7, 11) is 1.60. The molecule has 0 unspecified atom stereocenters. The maximum Gasteiger partial charge on any atom is 0.410 e. The molecule has 0 atom stereocenters. The molecular formula is C14H17NO4. The predicted octanol–water partition coefficient (Wildman–Crippen LogP) is 2.00. The molecular weight excluding hydrogens is 246 g/mol. The Bertz CT molecular complexity index is 455. The van der Waals surface area contributed by atoms with Crippen molar-refractivity contribution in [2.24, 2.45) is 0 Å². The molecule has 1 amide bonds. The zero-order valence-electron chi connectivity index (χ0n) is 10.9. The lowest BCUT2D eigenvalue weighted by Gasteiger charge is -2.24. The Morgan fingerprint density at radius 1 is 1.32 bits per heavy atom. The Balaban J connectivity index is 1.83. The number of methoxy groups -OCH3 is 1. The first kappa shape index (κ1) is 13.4. The molecule has 1 saturated heterocycles. The molecule has 1 aromatic carbocycles. The minimum Gasteiger partial charge on any atom is -0.497 e. The van der Waals surface area contributed by atoms with Gasteiger partial charge in [0, 0.05) is 13.0 Å². The smallest absolute Gasteiger partial charge is 0.410 e. The summed E-state index contributed by atoms with van der Waals surface area (Å²) in [6.45, 7) is 0.960. The van der Waals surface area contributed by atoms with Crippen LogP contribution in [-0.2, 0) is 16.1 Å². The number of Topliss-reactive ketones (excluding diaryl/α,β-unsaturated/α-hetero) is 1. The number of carbonyl (C=O) groups excluding carboxylic acids is 2. The first-order valence-corrected chi connectivity index (χ1v) is 6.25. The fourth-order valence-corrected chi connectivity index (χ4v) is 1.95. The van der Waals surface area contributed by atoms with Gasteiger partial charge in [-0.15, -0.1) is 0 Å². The van der Waals surface area contributed by atoms with Crippen LogP contribution in [0, 0.1) is 0 Å². The van der Waals surface area contributed by atoms with Gasteiger partial charge >= 0.3 is 6.09 Å². The molecule has 0 radical (unpaired) electrons. The molecule has 1 aromatic rings. The van der Waals surface area contributed by atoms with Gasteiger partial charge in [-0.25, -0.2) is 4.79 Å². The number of carbonyl (C=O) groups is 2. The minimum absolute atomic E-state index is 0.0904. The van der Waals surface area contributed by atoms with Crippen LogP contribution in [0.15, 0.2) is 24.3 Å². The van der Waals surface area contributed by atoms with Crippen molar-refractivity contribution in [2.75, 3.05) is 20.2 Å². The number of ketones is 1. The van der Waals surface area contributed by atoms with E-state index >= 15 is 0 Å². The summed E-state index contributed by atoms with van der Waals surface area (Å²) < 4.78 is 10.2. The monoisotopic (exact) mass is 263 g/mol. The summed E-state index contributed by atoms with van der Waals surface area (Å²) in [5.41, 5.74) is 0.887. The van der Waals surface area contributed by atoms with E-state index in [-0.39, 0.29) is 18.9 Å². The molecule has 0 aliphatic carbocycles. The van der Waals surface area contributed by atoms with Crippen LogP contribution in [-0.4, -0.2) is 37.0 Å². The molecule has 0 aromatic heterocycles. The van der Waals surface area contributed by atoms with Gasteiger partial charge in [0.2, 0.25) is 0 Å². The molecule has 1 heterocycles. The number of ether oxygens (including phenoxy) is 2. The normalized spacial score (nSPS) is 15.2. The van der Waals surface area contributed by atoms with Gasteiger partial charge in [0.25, 0.3) is 0 Å². The summed E-state index contributed by atoms with van der Waals surface area (Å²) in [6.07, 6.45) is 0.850. The largest absolute Gasteiger partial charge is 0.497 e. The standard InChI is InChI=1S/C14H17NO4/c1-18-13-6-4-11(5-7-13)10-19-14(17)15-8-2-3-12(16)9-15/h4-7H,2-3,8-10H2,1H3. The molecule has 0 saturated carbocycles. The Morgan fingerprint density at radius 2 is 2.05 bits per heavy atom. The van der Waals surface area contributed by atoms with E-state index in [4.69, 9.17) is 9.47 Å². The zero-order valence-corrected chi connectivity index (χ0v) is 10.9. The lowest BCUT2D eigenvalue weighted by atomic mass is 10.1. The van der Waals surface area contributed by atoms with Gasteiger partial charge < -0.3 is 14.4 Å². The first-order chi connectivity index (χ1) is 9.19.